The summed E-state index contributed by atoms with van der Waals surface area (Å²) in [4.78, 5) is 6.31. The molecule has 6 nitrogen and oxygen atoms in total. The monoisotopic (exact) mass is 431 g/mol. The number of nitrogens with zero attached hydrogens (tertiary/aromatic N) is 2. The summed E-state index contributed by atoms with van der Waals surface area (Å²) < 4.78 is 28.6. The van der Waals surface area contributed by atoms with E-state index in [0.29, 0.717) is 13.1 Å². The molecule has 2 aliphatic heterocycles. The van der Waals surface area contributed by atoms with Crippen molar-refractivity contribution in [3.63, 3.8) is 0 Å². The SMILES string of the molecule is CN=C(NCC1(C)COC1)N1CCS(=O)(=O)C(C)(C)C1.I. The fourth-order valence-corrected chi connectivity index (χ4v) is 3.87. The van der Waals surface area contributed by atoms with Gasteiger partial charge in [-0.3, -0.25) is 4.99 Å². The Morgan fingerprint density at radius 1 is 1.33 bits per heavy atom. The maximum Gasteiger partial charge on any atom is 0.193 e. The fraction of sp³-hybridized carbons (Fsp3) is 0.923. The number of aliphatic imine (C=N–C) groups is 1. The number of sulfone groups is 1. The molecule has 0 aliphatic carbocycles. The topological polar surface area (TPSA) is 71.0 Å². The average Bonchev–Trinajstić information content (AvgIpc) is 2.32. The molecule has 124 valence electrons. The van der Waals surface area contributed by atoms with Crippen LogP contribution in [0.5, 0.6) is 0 Å². The molecule has 2 rings (SSSR count). The summed E-state index contributed by atoms with van der Waals surface area (Å²) in [6.07, 6.45) is 0. The number of halogens is 1. The van der Waals surface area contributed by atoms with E-state index in [-0.39, 0.29) is 35.1 Å². The Kier molecular flexibility index (Phi) is 5.93. The Balaban J connectivity index is 0.00000220. The van der Waals surface area contributed by atoms with Crippen molar-refractivity contribution in [2.45, 2.75) is 25.5 Å². The molecule has 0 unspecified atom stereocenters. The molecule has 2 saturated heterocycles. The molecule has 0 aromatic carbocycles. The third kappa shape index (κ3) is 4.01. The van der Waals surface area contributed by atoms with Crippen LogP contribution in [-0.4, -0.2) is 69.7 Å². The number of hydrogen-bond donors (Lipinski definition) is 1. The molecule has 8 heteroatoms. The highest BCUT2D eigenvalue weighted by Gasteiger charge is 2.41. The molecule has 0 amide bonds. The van der Waals surface area contributed by atoms with E-state index in [1.807, 2.05) is 4.90 Å². The van der Waals surface area contributed by atoms with Gasteiger partial charge in [-0.1, -0.05) is 6.92 Å². The molecular weight excluding hydrogens is 405 g/mol. The first-order valence-corrected chi connectivity index (χ1v) is 8.60. The van der Waals surface area contributed by atoms with Crippen LogP contribution in [0.25, 0.3) is 0 Å². The third-order valence-corrected chi connectivity index (χ3v) is 6.66. The maximum atomic E-state index is 12.0. The van der Waals surface area contributed by atoms with Crippen LogP contribution in [0.4, 0.5) is 0 Å². The predicted octanol–water partition coefficient (Wildman–Crippen LogP) is 0.725. The van der Waals surface area contributed by atoms with Gasteiger partial charge in [-0.2, -0.15) is 0 Å². The molecule has 0 spiro atoms. The first-order valence-electron chi connectivity index (χ1n) is 6.95. The van der Waals surface area contributed by atoms with E-state index >= 15 is 0 Å². The quantitative estimate of drug-likeness (QED) is 0.397. The highest BCUT2D eigenvalue weighted by atomic mass is 127. The van der Waals surface area contributed by atoms with Gasteiger partial charge in [0.25, 0.3) is 0 Å². The smallest absolute Gasteiger partial charge is 0.193 e. The van der Waals surface area contributed by atoms with Gasteiger partial charge in [-0.25, -0.2) is 8.42 Å². The standard InChI is InChI=1S/C13H25N3O3S.HI/c1-12(2)8-16(5-6-20(12,17)18)11(14-4)15-7-13(3)9-19-10-13;/h5-10H2,1-4H3,(H,14,15);1H. The Morgan fingerprint density at radius 3 is 2.38 bits per heavy atom. The number of hydrogen-bond acceptors (Lipinski definition) is 4. The molecule has 21 heavy (non-hydrogen) atoms. The lowest BCUT2D eigenvalue weighted by molar-refractivity contribution is -0.0972. The van der Waals surface area contributed by atoms with Gasteiger partial charge in [0.2, 0.25) is 0 Å². The zero-order chi connectivity index (χ0) is 15.0. The lowest BCUT2D eigenvalue weighted by Crippen LogP contribution is -2.59. The zero-order valence-corrected chi connectivity index (χ0v) is 16.3. The van der Waals surface area contributed by atoms with E-state index < -0.39 is 14.6 Å². The lowest BCUT2D eigenvalue weighted by atomic mass is 9.89. The fourth-order valence-electron chi connectivity index (χ4n) is 2.50. The molecule has 2 aliphatic rings. The van der Waals surface area contributed by atoms with E-state index in [4.69, 9.17) is 4.74 Å². The first kappa shape index (κ1) is 19.0. The van der Waals surface area contributed by atoms with Crippen LogP contribution in [-0.2, 0) is 14.6 Å². The van der Waals surface area contributed by atoms with Crippen LogP contribution in [0.2, 0.25) is 0 Å². The van der Waals surface area contributed by atoms with Gasteiger partial charge in [0, 0.05) is 32.1 Å². The average molecular weight is 431 g/mol. The normalized spacial score (nSPS) is 26.5. The molecule has 0 aromatic rings. The minimum atomic E-state index is -3.02. The Bertz CT molecular complexity index is 501. The van der Waals surface area contributed by atoms with Crippen molar-refractivity contribution >= 4 is 39.8 Å². The zero-order valence-electron chi connectivity index (χ0n) is 13.2. The number of nitrogens with one attached hydrogen (secondary N) is 1. The van der Waals surface area contributed by atoms with E-state index in [1.54, 1.807) is 20.9 Å². The summed E-state index contributed by atoms with van der Waals surface area (Å²) in [5.74, 6) is 0.960. The molecule has 1 N–H and O–H groups in total. The Labute approximate surface area is 144 Å². The minimum absolute atomic E-state index is 0. The lowest BCUT2D eigenvalue weighted by Gasteiger charge is -2.42. The number of rotatable bonds is 2. The second-order valence-electron chi connectivity index (χ2n) is 6.70. The summed E-state index contributed by atoms with van der Waals surface area (Å²) in [7, 11) is -1.28. The predicted molar refractivity (Wildman–Crippen MR) is 95.1 cm³/mol. The van der Waals surface area contributed by atoms with Gasteiger partial charge in [-0.15, -0.1) is 24.0 Å². The maximum absolute atomic E-state index is 12.0. The second-order valence-corrected chi connectivity index (χ2v) is 9.45. The van der Waals surface area contributed by atoms with E-state index in [1.165, 1.54) is 0 Å². The molecule has 0 aromatic heterocycles. The van der Waals surface area contributed by atoms with Crippen LogP contribution in [0.15, 0.2) is 4.99 Å². The molecule has 0 radical (unpaired) electrons. The van der Waals surface area contributed by atoms with E-state index in [9.17, 15) is 8.42 Å². The van der Waals surface area contributed by atoms with Crippen LogP contribution in [0.1, 0.15) is 20.8 Å². The largest absolute Gasteiger partial charge is 0.380 e. The summed E-state index contributed by atoms with van der Waals surface area (Å²) in [5, 5.41) is 3.35. The van der Waals surface area contributed by atoms with Crippen LogP contribution in [0, 0.1) is 5.41 Å². The number of guanidine groups is 1. The van der Waals surface area contributed by atoms with Crippen molar-refractivity contribution in [1.82, 2.24) is 10.2 Å². The summed E-state index contributed by atoms with van der Waals surface area (Å²) in [6.45, 7) is 9.02. The van der Waals surface area contributed by atoms with Gasteiger partial charge in [0.1, 0.15) is 0 Å². The van der Waals surface area contributed by atoms with Crippen molar-refractivity contribution in [2.24, 2.45) is 10.4 Å². The number of ether oxygens (including phenoxy) is 1. The van der Waals surface area contributed by atoms with Crippen molar-refractivity contribution in [2.75, 3.05) is 45.6 Å². The summed E-state index contributed by atoms with van der Waals surface area (Å²) in [6, 6.07) is 0. The van der Waals surface area contributed by atoms with Crippen molar-refractivity contribution in [3.05, 3.63) is 0 Å². The van der Waals surface area contributed by atoms with Gasteiger partial charge in [0.15, 0.2) is 15.8 Å². The molecule has 0 bridgehead atoms. The van der Waals surface area contributed by atoms with E-state index in [0.717, 1.165) is 25.7 Å². The summed E-state index contributed by atoms with van der Waals surface area (Å²) in [5.41, 5.74) is 0.160. The van der Waals surface area contributed by atoms with Gasteiger partial charge < -0.3 is 15.0 Å². The van der Waals surface area contributed by atoms with Crippen molar-refractivity contribution < 1.29 is 13.2 Å². The van der Waals surface area contributed by atoms with Gasteiger partial charge >= 0.3 is 0 Å². The molecule has 0 atom stereocenters. The van der Waals surface area contributed by atoms with Crippen LogP contribution >= 0.6 is 24.0 Å². The minimum Gasteiger partial charge on any atom is -0.380 e. The molecule has 2 fully saturated rings. The highest BCUT2D eigenvalue weighted by Crippen LogP contribution is 2.26. The van der Waals surface area contributed by atoms with E-state index in [2.05, 4.69) is 17.2 Å². The molecular formula is C13H26IN3O3S. The Hall–Kier alpha value is -0.0900. The second kappa shape index (κ2) is 6.57. The van der Waals surface area contributed by atoms with Gasteiger partial charge in [0.05, 0.1) is 23.7 Å². The van der Waals surface area contributed by atoms with Crippen LogP contribution in [0.3, 0.4) is 0 Å². The van der Waals surface area contributed by atoms with Crippen molar-refractivity contribution in [1.29, 1.82) is 0 Å². The molecule has 2 heterocycles. The van der Waals surface area contributed by atoms with Crippen LogP contribution < -0.4 is 5.32 Å². The van der Waals surface area contributed by atoms with Crippen molar-refractivity contribution in [3.8, 4) is 0 Å². The first-order chi connectivity index (χ1) is 9.19. The van der Waals surface area contributed by atoms with Gasteiger partial charge in [-0.05, 0) is 13.8 Å². The summed E-state index contributed by atoms with van der Waals surface area (Å²) >= 11 is 0. The third-order valence-electron chi connectivity index (χ3n) is 4.13. The Morgan fingerprint density at radius 2 is 1.95 bits per heavy atom. The highest BCUT2D eigenvalue weighted by molar-refractivity contribution is 14.0. The molecule has 0 saturated carbocycles.